The zero-order valence-corrected chi connectivity index (χ0v) is 26.5. The molecule has 2 fully saturated rings. The van der Waals surface area contributed by atoms with Crippen LogP contribution >= 0.6 is 0 Å². The number of benzene rings is 2. The highest BCUT2D eigenvalue weighted by Crippen LogP contribution is 2.45. The van der Waals surface area contributed by atoms with E-state index in [1.54, 1.807) is 0 Å². The predicted octanol–water partition coefficient (Wildman–Crippen LogP) is -0.769. The maximum absolute atomic E-state index is 13.8. The number of phenols is 1. The summed E-state index contributed by atoms with van der Waals surface area (Å²) in [5.74, 6) is -0.400. The molecular weight excluding hydrogens is 644 g/mol. The molecule has 2 saturated heterocycles. The van der Waals surface area contributed by atoms with Gasteiger partial charge in [0.1, 0.15) is 65.7 Å². The maximum atomic E-state index is 13.8. The largest absolute Gasteiger partial charge is 0.504 e. The first kappa shape index (κ1) is 35.4. The average molecular weight is 683 g/mol. The van der Waals surface area contributed by atoms with Gasteiger partial charge in [-0.05, 0) is 13.0 Å². The Kier molecular flexibility index (Phi) is 10.5. The average Bonchev–Trinajstić information content (AvgIpc) is 3.08. The highest BCUT2D eigenvalue weighted by Gasteiger charge is 2.50. The zero-order chi connectivity index (χ0) is 35.0. The van der Waals surface area contributed by atoms with Gasteiger partial charge in [-0.1, -0.05) is 0 Å². The van der Waals surface area contributed by atoms with Crippen LogP contribution in [0.5, 0.6) is 34.5 Å². The third-order valence-electron chi connectivity index (χ3n) is 8.32. The summed E-state index contributed by atoms with van der Waals surface area (Å²) < 4.78 is 49.7. The molecule has 264 valence electrons. The van der Waals surface area contributed by atoms with Gasteiger partial charge in [0.25, 0.3) is 0 Å². The summed E-state index contributed by atoms with van der Waals surface area (Å²) in [6.07, 6.45) is -14.4. The molecule has 17 nitrogen and oxygen atoms in total. The second kappa shape index (κ2) is 14.3. The standard InChI is InChI=1S/C31H38O17/c1-11-21(33)24(36)26(38)30(45-11)48-29-19(9-32)47-31(27(39)25(29)37)46-18-8-17-20(23(35)28(18)43-5)22(34)13(10-44-17)12-6-15(41-3)16(42-4)7-14(12)40-2/h6-8,10-11,19,21,24-27,29-33,35-39H,9H2,1-5H3/t11-,19-,21-,24+,25-,26+,27-,29-,30+,31-/m1/s1. The Balaban J connectivity index is 1.45. The van der Waals surface area contributed by atoms with Crippen LogP contribution in [0.2, 0.25) is 0 Å². The first-order valence-electron chi connectivity index (χ1n) is 14.7. The highest BCUT2D eigenvalue weighted by molar-refractivity contribution is 5.92. The van der Waals surface area contributed by atoms with Gasteiger partial charge >= 0.3 is 0 Å². The van der Waals surface area contributed by atoms with Crippen molar-refractivity contribution in [1.29, 1.82) is 0 Å². The second-order valence-corrected chi connectivity index (χ2v) is 11.1. The fourth-order valence-electron chi connectivity index (χ4n) is 5.66. The van der Waals surface area contributed by atoms with Gasteiger partial charge in [0.2, 0.25) is 17.5 Å². The van der Waals surface area contributed by atoms with Crippen LogP contribution in [0.25, 0.3) is 22.1 Å². The van der Waals surface area contributed by atoms with Crippen LogP contribution in [0, 0.1) is 0 Å². The second-order valence-electron chi connectivity index (χ2n) is 11.1. The summed E-state index contributed by atoms with van der Waals surface area (Å²) in [7, 11) is 5.45. The lowest BCUT2D eigenvalue weighted by atomic mass is 9.97. The van der Waals surface area contributed by atoms with Crippen LogP contribution in [0.1, 0.15) is 6.92 Å². The molecule has 3 heterocycles. The molecule has 48 heavy (non-hydrogen) atoms. The number of aromatic hydroxyl groups is 1. The van der Waals surface area contributed by atoms with E-state index < -0.39 is 79.2 Å². The van der Waals surface area contributed by atoms with Crippen molar-refractivity contribution in [2.24, 2.45) is 0 Å². The minimum atomic E-state index is -1.86. The first-order valence-corrected chi connectivity index (χ1v) is 14.7. The van der Waals surface area contributed by atoms with Gasteiger partial charge in [-0.15, -0.1) is 0 Å². The quantitative estimate of drug-likeness (QED) is 0.139. The van der Waals surface area contributed by atoms with Crippen molar-refractivity contribution in [3.8, 4) is 45.6 Å². The number of hydrogen-bond donors (Lipinski definition) is 7. The molecule has 0 amide bonds. The van der Waals surface area contributed by atoms with Gasteiger partial charge < -0.3 is 78.1 Å². The fraction of sp³-hybridized carbons (Fsp3) is 0.516. The van der Waals surface area contributed by atoms with E-state index in [-0.39, 0.29) is 39.3 Å². The summed E-state index contributed by atoms with van der Waals surface area (Å²) >= 11 is 0. The molecule has 5 rings (SSSR count). The molecule has 10 atom stereocenters. The third kappa shape index (κ3) is 6.20. The Labute approximate surface area is 272 Å². The van der Waals surface area contributed by atoms with Crippen molar-refractivity contribution in [2.75, 3.05) is 35.0 Å². The molecule has 2 aromatic carbocycles. The van der Waals surface area contributed by atoms with Crippen molar-refractivity contribution in [1.82, 2.24) is 0 Å². The Morgan fingerprint density at radius 3 is 2.00 bits per heavy atom. The number of fused-ring (bicyclic) bond motifs is 1. The number of aliphatic hydroxyl groups excluding tert-OH is 6. The molecular formula is C31H38O17. The van der Waals surface area contributed by atoms with Gasteiger partial charge in [-0.3, -0.25) is 4.79 Å². The minimum absolute atomic E-state index is 0.000739. The Morgan fingerprint density at radius 1 is 0.729 bits per heavy atom. The lowest BCUT2D eigenvalue weighted by molar-refractivity contribution is -0.349. The number of aliphatic hydroxyl groups is 6. The van der Waals surface area contributed by atoms with Crippen LogP contribution in [0.4, 0.5) is 0 Å². The SMILES string of the molecule is COc1cc(OC)c(-c2coc3cc(O[C@@H]4O[C@H](CO)[C@@H](O[C@@H]5O[C@H](C)[C@@H](O)[C@H](O)[C@@H]5O)[C@H](O)[C@H]4O)c(OC)c(O)c3c2=O)cc1OC. The van der Waals surface area contributed by atoms with Crippen molar-refractivity contribution in [3.05, 3.63) is 34.7 Å². The van der Waals surface area contributed by atoms with E-state index in [1.165, 1.54) is 53.6 Å². The van der Waals surface area contributed by atoms with Gasteiger partial charge in [0.05, 0.1) is 46.7 Å². The van der Waals surface area contributed by atoms with E-state index in [0.717, 1.165) is 6.26 Å². The Morgan fingerprint density at radius 2 is 1.38 bits per heavy atom. The monoisotopic (exact) mass is 682 g/mol. The molecule has 17 heteroatoms. The number of hydrogen-bond acceptors (Lipinski definition) is 17. The molecule has 0 aliphatic carbocycles. The van der Waals surface area contributed by atoms with Gasteiger partial charge in [-0.2, -0.15) is 0 Å². The predicted molar refractivity (Wildman–Crippen MR) is 161 cm³/mol. The van der Waals surface area contributed by atoms with E-state index in [4.69, 9.17) is 42.3 Å². The van der Waals surface area contributed by atoms with Crippen molar-refractivity contribution in [2.45, 2.75) is 68.3 Å². The first-order chi connectivity index (χ1) is 22.9. The maximum Gasteiger partial charge on any atom is 0.229 e. The van der Waals surface area contributed by atoms with Crippen LogP contribution in [-0.2, 0) is 14.2 Å². The summed E-state index contributed by atoms with van der Waals surface area (Å²) in [6, 6.07) is 4.23. The summed E-state index contributed by atoms with van der Waals surface area (Å²) in [6.45, 7) is 0.656. The number of phenolic OH excluding ortho intramolecular Hbond substituents is 1. The van der Waals surface area contributed by atoms with Crippen molar-refractivity contribution >= 4 is 11.0 Å². The lowest BCUT2D eigenvalue weighted by Crippen LogP contribution is -2.64. The molecule has 0 saturated carbocycles. The van der Waals surface area contributed by atoms with E-state index in [2.05, 4.69) is 0 Å². The van der Waals surface area contributed by atoms with Gasteiger partial charge in [0, 0.05) is 17.7 Å². The molecule has 0 unspecified atom stereocenters. The zero-order valence-electron chi connectivity index (χ0n) is 26.5. The highest BCUT2D eigenvalue weighted by atomic mass is 16.7. The van der Waals surface area contributed by atoms with E-state index in [1.807, 2.05) is 0 Å². The molecule has 0 spiro atoms. The summed E-state index contributed by atoms with van der Waals surface area (Å²) in [5, 5.41) is 73.3. The molecule has 2 aliphatic rings. The van der Waals surface area contributed by atoms with E-state index in [0.29, 0.717) is 11.5 Å². The van der Waals surface area contributed by atoms with Gasteiger partial charge in [-0.25, -0.2) is 0 Å². The normalized spacial score (nSPS) is 30.6. The molecule has 2 aliphatic heterocycles. The number of ether oxygens (including phenoxy) is 8. The van der Waals surface area contributed by atoms with Crippen LogP contribution in [-0.4, -0.2) is 132 Å². The molecule has 0 radical (unpaired) electrons. The molecule has 3 aromatic rings. The topological polar surface area (TPSA) is 246 Å². The lowest BCUT2D eigenvalue weighted by Gasteiger charge is -2.45. The van der Waals surface area contributed by atoms with Crippen LogP contribution in [0.3, 0.4) is 0 Å². The van der Waals surface area contributed by atoms with E-state index in [9.17, 15) is 40.5 Å². The number of rotatable bonds is 10. The third-order valence-corrected chi connectivity index (χ3v) is 8.32. The Bertz CT molecular complexity index is 1660. The fourth-order valence-corrected chi connectivity index (χ4v) is 5.66. The summed E-state index contributed by atoms with van der Waals surface area (Å²) in [5.41, 5.74) is -0.551. The summed E-state index contributed by atoms with van der Waals surface area (Å²) in [4.78, 5) is 13.8. The van der Waals surface area contributed by atoms with Gasteiger partial charge in [0.15, 0.2) is 29.3 Å². The Hall–Kier alpha value is -3.91. The smallest absolute Gasteiger partial charge is 0.229 e. The number of methoxy groups -OCH3 is 4. The molecule has 1 aromatic heterocycles. The molecule has 7 N–H and O–H groups in total. The minimum Gasteiger partial charge on any atom is -0.504 e. The van der Waals surface area contributed by atoms with Crippen LogP contribution < -0.4 is 29.1 Å². The van der Waals surface area contributed by atoms with Crippen molar-refractivity contribution in [3.63, 3.8) is 0 Å². The molecule has 0 bridgehead atoms. The van der Waals surface area contributed by atoms with Crippen molar-refractivity contribution < 1.29 is 78.1 Å². The van der Waals surface area contributed by atoms with Crippen LogP contribution in [0.15, 0.2) is 33.7 Å². The van der Waals surface area contributed by atoms with E-state index >= 15 is 0 Å².